The maximum Gasteiger partial charge on any atom is 0.387 e. The van der Waals surface area contributed by atoms with Crippen molar-refractivity contribution in [3.05, 3.63) is 47.2 Å². The van der Waals surface area contributed by atoms with Crippen molar-refractivity contribution in [2.45, 2.75) is 13.2 Å². The number of halogens is 3. The average molecular weight is 287 g/mol. The largest absolute Gasteiger partial charge is 0.433 e. The van der Waals surface area contributed by atoms with Gasteiger partial charge in [-0.3, -0.25) is 0 Å². The predicted octanol–water partition coefficient (Wildman–Crippen LogP) is 3.89. The fourth-order valence-corrected chi connectivity index (χ4v) is 1.90. The van der Waals surface area contributed by atoms with Crippen LogP contribution in [0, 0.1) is 0 Å². The molecule has 0 saturated carbocycles. The van der Waals surface area contributed by atoms with E-state index < -0.39 is 6.61 Å². The molecule has 1 heterocycles. The number of benzene rings is 1. The maximum absolute atomic E-state index is 12.1. The van der Waals surface area contributed by atoms with Gasteiger partial charge in [0.2, 0.25) is 0 Å². The van der Waals surface area contributed by atoms with Gasteiger partial charge in [-0.2, -0.15) is 8.78 Å². The lowest BCUT2D eigenvalue weighted by Crippen LogP contribution is -2.05. The van der Waals surface area contributed by atoms with Crippen LogP contribution >= 0.6 is 11.6 Å². The van der Waals surface area contributed by atoms with E-state index in [4.69, 9.17) is 11.6 Å². The quantitative estimate of drug-likeness (QED) is 0.902. The zero-order valence-electron chi connectivity index (χ0n) is 10.2. The fourth-order valence-electron chi connectivity index (χ4n) is 1.68. The topological polar surface area (TPSA) is 26.2 Å². The van der Waals surface area contributed by atoms with Gasteiger partial charge in [0.1, 0.15) is 5.75 Å². The summed E-state index contributed by atoms with van der Waals surface area (Å²) < 4.78 is 30.4. The molecule has 1 aromatic heterocycles. The molecule has 19 heavy (non-hydrogen) atoms. The highest BCUT2D eigenvalue weighted by Crippen LogP contribution is 2.29. The molecule has 3 nitrogen and oxygen atoms in total. The molecular formula is C13H13ClF2N2O. The van der Waals surface area contributed by atoms with Crippen molar-refractivity contribution >= 4 is 17.3 Å². The summed E-state index contributed by atoms with van der Waals surface area (Å²) >= 11 is 5.86. The van der Waals surface area contributed by atoms with E-state index in [0.29, 0.717) is 6.54 Å². The Hall–Kier alpha value is -1.75. The second kappa shape index (κ2) is 5.93. The van der Waals surface area contributed by atoms with Crippen LogP contribution in [0.1, 0.15) is 5.69 Å². The number of aryl methyl sites for hydroxylation is 1. The molecule has 0 unspecified atom stereocenters. The van der Waals surface area contributed by atoms with Gasteiger partial charge in [0.05, 0.1) is 11.6 Å². The summed E-state index contributed by atoms with van der Waals surface area (Å²) in [6, 6.07) is 8.56. The van der Waals surface area contributed by atoms with Crippen LogP contribution in [0.15, 0.2) is 36.5 Å². The van der Waals surface area contributed by atoms with E-state index >= 15 is 0 Å². The predicted molar refractivity (Wildman–Crippen MR) is 70.8 cm³/mol. The fraction of sp³-hybridized carbons (Fsp3) is 0.231. The van der Waals surface area contributed by atoms with Crippen LogP contribution in [0.2, 0.25) is 5.02 Å². The number of ether oxygens (including phenoxy) is 1. The van der Waals surface area contributed by atoms with Crippen LogP contribution in [0.4, 0.5) is 14.5 Å². The van der Waals surface area contributed by atoms with E-state index in [1.165, 1.54) is 6.07 Å². The van der Waals surface area contributed by atoms with Crippen LogP contribution in [-0.4, -0.2) is 11.2 Å². The summed E-state index contributed by atoms with van der Waals surface area (Å²) in [5.74, 6) is -0.0268. The lowest BCUT2D eigenvalue weighted by Gasteiger charge is -2.10. The molecule has 0 atom stereocenters. The number of nitrogens with one attached hydrogen (secondary N) is 1. The van der Waals surface area contributed by atoms with E-state index in [2.05, 4.69) is 10.1 Å². The van der Waals surface area contributed by atoms with Crippen LogP contribution in [-0.2, 0) is 13.6 Å². The molecule has 6 heteroatoms. The Morgan fingerprint density at radius 2 is 2.16 bits per heavy atom. The second-order valence-electron chi connectivity index (χ2n) is 3.99. The molecule has 0 radical (unpaired) electrons. The van der Waals surface area contributed by atoms with Gasteiger partial charge in [-0.15, -0.1) is 0 Å². The van der Waals surface area contributed by atoms with Gasteiger partial charge < -0.3 is 14.6 Å². The number of hydrogen-bond acceptors (Lipinski definition) is 2. The van der Waals surface area contributed by atoms with Crippen LogP contribution in [0.5, 0.6) is 5.75 Å². The van der Waals surface area contributed by atoms with Gasteiger partial charge in [0, 0.05) is 24.6 Å². The molecule has 0 aliphatic rings. The van der Waals surface area contributed by atoms with E-state index in [9.17, 15) is 8.78 Å². The normalized spacial score (nSPS) is 10.8. The lowest BCUT2D eigenvalue weighted by molar-refractivity contribution is -0.0497. The monoisotopic (exact) mass is 286 g/mol. The van der Waals surface area contributed by atoms with Crippen LogP contribution in [0.3, 0.4) is 0 Å². The Labute approximate surface area is 114 Å². The lowest BCUT2D eigenvalue weighted by atomic mass is 10.3. The Morgan fingerprint density at radius 1 is 1.37 bits per heavy atom. The Morgan fingerprint density at radius 3 is 2.74 bits per heavy atom. The number of rotatable bonds is 5. The van der Waals surface area contributed by atoms with Crippen molar-refractivity contribution < 1.29 is 13.5 Å². The minimum Gasteiger partial charge on any atom is -0.433 e. The van der Waals surface area contributed by atoms with Gasteiger partial charge >= 0.3 is 6.61 Å². The molecule has 2 rings (SSSR count). The SMILES string of the molecule is Cn1cccc1CNc1ccc(OC(F)F)c(Cl)c1. The molecule has 1 aromatic carbocycles. The van der Waals surface area contributed by atoms with Crippen molar-refractivity contribution in [2.24, 2.45) is 7.05 Å². The first-order valence-electron chi connectivity index (χ1n) is 5.64. The minimum absolute atomic E-state index is 0.0268. The first-order valence-corrected chi connectivity index (χ1v) is 6.02. The second-order valence-corrected chi connectivity index (χ2v) is 4.39. The van der Waals surface area contributed by atoms with Crippen LogP contribution in [0.25, 0.3) is 0 Å². The van der Waals surface area contributed by atoms with E-state index in [1.807, 2.05) is 29.9 Å². The highest BCUT2D eigenvalue weighted by molar-refractivity contribution is 6.32. The van der Waals surface area contributed by atoms with Gasteiger partial charge in [-0.1, -0.05) is 11.6 Å². The third-order valence-corrected chi connectivity index (χ3v) is 2.97. The highest BCUT2D eigenvalue weighted by atomic mass is 35.5. The molecule has 102 valence electrons. The van der Waals surface area contributed by atoms with Crippen molar-refractivity contribution in [3.63, 3.8) is 0 Å². The maximum atomic E-state index is 12.1. The minimum atomic E-state index is -2.88. The van der Waals surface area contributed by atoms with Gasteiger partial charge in [-0.05, 0) is 30.3 Å². The first-order chi connectivity index (χ1) is 9.06. The molecule has 0 aliphatic heterocycles. The third kappa shape index (κ3) is 3.61. The van der Waals surface area contributed by atoms with Crippen molar-refractivity contribution in [2.75, 3.05) is 5.32 Å². The number of alkyl halides is 2. The van der Waals surface area contributed by atoms with E-state index in [1.54, 1.807) is 12.1 Å². The zero-order valence-corrected chi connectivity index (χ0v) is 11.0. The summed E-state index contributed by atoms with van der Waals surface area (Å²) in [5.41, 5.74) is 1.84. The molecule has 0 saturated heterocycles. The molecule has 1 N–H and O–H groups in total. The molecule has 0 bridgehead atoms. The summed E-state index contributed by atoms with van der Waals surface area (Å²) in [7, 11) is 1.95. The summed E-state index contributed by atoms with van der Waals surface area (Å²) in [6.07, 6.45) is 1.95. The van der Waals surface area contributed by atoms with Crippen molar-refractivity contribution in [1.82, 2.24) is 4.57 Å². The molecule has 0 amide bonds. The number of hydrogen-bond donors (Lipinski definition) is 1. The summed E-state index contributed by atoms with van der Waals surface area (Å²) in [4.78, 5) is 0. The van der Waals surface area contributed by atoms with E-state index in [0.717, 1.165) is 11.4 Å². The summed E-state index contributed by atoms with van der Waals surface area (Å²) in [5, 5.41) is 3.31. The molecule has 0 aliphatic carbocycles. The number of anilines is 1. The highest BCUT2D eigenvalue weighted by Gasteiger charge is 2.09. The standard InChI is InChI=1S/C13H13ClF2N2O/c1-18-6-2-3-10(18)8-17-9-4-5-12(11(14)7-9)19-13(15)16/h2-7,13,17H,8H2,1H3. The van der Waals surface area contributed by atoms with Gasteiger partial charge in [-0.25, -0.2) is 0 Å². The molecule has 0 fully saturated rings. The van der Waals surface area contributed by atoms with Crippen molar-refractivity contribution in [3.8, 4) is 5.75 Å². The Bertz CT molecular complexity index is 557. The molecular weight excluding hydrogens is 274 g/mol. The number of aromatic nitrogens is 1. The zero-order chi connectivity index (χ0) is 13.8. The Balaban J connectivity index is 2.02. The average Bonchev–Trinajstić information content (AvgIpc) is 2.75. The van der Waals surface area contributed by atoms with Crippen molar-refractivity contribution in [1.29, 1.82) is 0 Å². The third-order valence-electron chi connectivity index (χ3n) is 2.67. The van der Waals surface area contributed by atoms with Gasteiger partial charge in [0.15, 0.2) is 0 Å². The Kier molecular flexibility index (Phi) is 4.27. The first kappa shape index (κ1) is 13.7. The summed E-state index contributed by atoms with van der Waals surface area (Å²) in [6.45, 7) is -2.26. The van der Waals surface area contributed by atoms with Crippen LogP contribution < -0.4 is 10.1 Å². The van der Waals surface area contributed by atoms with E-state index in [-0.39, 0.29) is 10.8 Å². The van der Waals surface area contributed by atoms with Gasteiger partial charge in [0.25, 0.3) is 0 Å². The smallest absolute Gasteiger partial charge is 0.387 e. The number of nitrogens with zero attached hydrogens (tertiary/aromatic N) is 1. The molecule has 2 aromatic rings. The molecule has 0 spiro atoms.